The summed E-state index contributed by atoms with van der Waals surface area (Å²) in [5.41, 5.74) is 0.497. The van der Waals surface area contributed by atoms with E-state index in [9.17, 15) is 4.79 Å². The van der Waals surface area contributed by atoms with Crippen LogP contribution in [-0.4, -0.2) is 43.2 Å². The lowest BCUT2D eigenvalue weighted by atomic mass is 10.1. The molecule has 1 saturated heterocycles. The van der Waals surface area contributed by atoms with Gasteiger partial charge < -0.3 is 14.4 Å². The molecule has 1 aromatic rings. The normalized spacial score (nSPS) is 23.3. The summed E-state index contributed by atoms with van der Waals surface area (Å²) < 4.78 is 10.9. The van der Waals surface area contributed by atoms with E-state index in [1.54, 1.807) is 30.2 Å². The van der Waals surface area contributed by atoms with Crippen molar-refractivity contribution in [3.63, 3.8) is 0 Å². The molecule has 4 nitrogen and oxygen atoms in total. The maximum Gasteiger partial charge on any atom is 0.257 e. The minimum absolute atomic E-state index is 0.0397. The number of benzene rings is 1. The molecule has 5 heteroatoms. The lowest BCUT2D eigenvalue weighted by molar-refractivity contribution is -0.0586. The van der Waals surface area contributed by atoms with Crippen LogP contribution in [0.5, 0.6) is 5.75 Å². The zero-order chi connectivity index (χ0) is 14.0. The number of halogens is 1. The molecule has 1 amide bonds. The molecular formula is C14H18ClNO3. The van der Waals surface area contributed by atoms with Crippen LogP contribution in [0.1, 0.15) is 24.2 Å². The summed E-state index contributed by atoms with van der Waals surface area (Å²) in [4.78, 5) is 14.3. The average Bonchev–Trinajstić information content (AvgIpc) is 2.36. The van der Waals surface area contributed by atoms with E-state index in [0.717, 1.165) is 0 Å². The van der Waals surface area contributed by atoms with Crippen molar-refractivity contribution < 1.29 is 14.3 Å². The molecular weight excluding hydrogens is 266 g/mol. The van der Waals surface area contributed by atoms with E-state index in [4.69, 9.17) is 21.1 Å². The number of nitrogens with zero attached hydrogens (tertiary/aromatic N) is 1. The summed E-state index contributed by atoms with van der Waals surface area (Å²) in [6, 6.07) is 5.07. The third kappa shape index (κ3) is 3.19. The first-order valence-corrected chi connectivity index (χ1v) is 6.67. The van der Waals surface area contributed by atoms with E-state index < -0.39 is 0 Å². The van der Waals surface area contributed by atoms with Gasteiger partial charge in [-0.15, -0.1) is 0 Å². The molecule has 0 aromatic heterocycles. The summed E-state index contributed by atoms with van der Waals surface area (Å²) in [7, 11) is 1.55. The van der Waals surface area contributed by atoms with Crippen LogP contribution in [0.25, 0.3) is 0 Å². The Labute approximate surface area is 118 Å². The van der Waals surface area contributed by atoms with Gasteiger partial charge >= 0.3 is 0 Å². The number of carbonyl (C=O) groups excluding carboxylic acids is 1. The van der Waals surface area contributed by atoms with Gasteiger partial charge in [-0.05, 0) is 32.0 Å². The fourth-order valence-electron chi connectivity index (χ4n) is 2.36. The van der Waals surface area contributed by atoms with Crippen LogP contribution in [-0.2, 0) is 4.74 Å². The van der Waals surface area contributed by atoms with Crippen molar-refractivity contribution in [2.24, 2.45) is 0 Å². The van der Waals surface area contributed by atoms with Crippen molar-refractivity contribution >= 4 is 17.5 Å². The standard InChI is InChI=1S/C14H18ClNO3/c1-9-7-16(8-10(2)19-9)14(17)12-6-11(15)4-5-13(12)18-3/h4-6,9-10H,7-8H2,1-3H3/t9-,10-/m1/s1. The van der Waals surface area contributed by atoms with E-state index in [0.29, 0.717) is 29.4 Å². The zero-order valence-corrected chi connectivity index (χ0v) is 12.1. The van der Waals surface area contributed by atoms with Crippen LogP contribution in [0.2, 0.25) is 5.02 Å². The van der Waals surface area contributed by atoms with E-state index in [-0.39, 0.29) is 18.1 Å². The van der Waals surface area contributed by atoms with Gasteiger partial charge in [0.2, 0.25) is 0 Å². The van der Waals surface area contributed by atoms with Crippen molar-refractivity contribution in [2.75, 3.05) is 20.2 Å². The number of ether oxygens (including phenoxy) is 2. The largest absolute Gasteiger partial charge is 0.496 e. The third-order valence-electron chi connectivity index (χ3n) is 3.10. The Morgan fingerprint density at radius 3 is 2.58 bits per heavy atom. The van der Waals surface area contributed by atoms with Crippen molar-refractivity contribution in [3.8, 4) is 5.75 Å². The van der Waals surface area contributed by atoms with E-state index in [2.05, 4.69) is 0 Å². The molecule has 0 aliphatic carbocycles. The molecule has 0 N–H and O–H groups in total. The Hall–Kier alpha value is -1.26. The van der Waals surface area contributed by atoms with Crippen molar-refractivity contribution in [2.45, 2.75) is 26.1 Å². The fraction of sp³-hybridized carbons (Fsp3) is 0.500. The Bertz CT molecular complexity index is 468. The number of amides is 1. The minimum Gasteiger partial charge on any atom is -0.496 e. The van der Waals surface area contributed by atoms with Crippen molar-refractivity contribution in [3.05, 3.63) is 28.8 Å². The minimum atomic E-state index is -0.0682. The average molecular weight is 284 g/mol. The van der Waals surface area contributed by atoms with Gasteiger partial charge in [-0.25, -0.2) is 0 Å². The molecule has 0 bridgehead atoms. The van der Waals surface area contributed by atoms with Gasteiger partial charge in [0, 0.05) is 18.1 Å². The van der Waals surface area contributed by atoms with E-state index in [1.165, 1.54) is 0 Å². The summed E-state index contributed by atoms with van der Waals surface area (Å²) in [5, 5.41) is 0.526. The number of carbonyl (C=O) groups is 1. The highest BCUT2D eigenvalue weighted by Gasteiger charge is 2.28. The molecule has 0 saturated carbocycles. The van der Waals surface area contributed by atoms with E-state index >= 15 is 0 Å². The van der Waals surface area contributed by atoms with Gasteiger partial charge in [0.1, 0.15) is 5.75 Å². The molecule has 1 aromatic carbocycles. The number of morpholine rings is 1. The first-order chi connectivity index (χ1) is 9.01. The van der Waals surface area contributed by atoms with Crippen LogP contribution in [0.3, 0.4) is 0 Å². The van der Waals surface area contributed by atoms with Crippen LogP contribution in [0.4, 0.5) is 0 Å². The molecule has 0 spiro atoms. The van der Waals surface area contributed by atoms with Gasteiger partial charge in [0.15, 0.2) is 0 Å². The van der Waals surface area contributed by atoms with Gasteiger partial charge in [-0.3, -0.25) is 4.79 Å². The Balaban J connectivity index is 2.26. The van der Waals surface area contributed by atoms with Crippen LogP contribution < -0.4 is 4.74 Å². The predicted molar refractivity (Wildman–Crippen MR) is 73.9 cm³/mol. The number of rotatable bonds is 2. The second-order valence-electron chi connectivity index (χ2n) is 4.81. The lowest BCUT2D eigenvalue weighted by Crippen LogP contribution is -2.48. The number of methoxy groups -OCH3 is 1. The summed E-state index contributed by atoms with van der Waals surface area (Å²) in [5.74, 6) is 0.475. The molecule has 104 valence electrons. The van der Waals surface area contributed by atoms with Gasteiger partial charge in [-0.2, -0.15) is 0 Å². The molecule has 1 heterocycles. The first kappa shape index (κ1) is 14.2. The molecule has 19 heavy (non-hydrogen) atoms. The lowest BCUT2D eigenvalue weighted by Gasteiger charge is -2.35. The SMILES string of the molecule is COc1ccc(Cl)cc1C(=O)N1C[C@@H](C)O[C@H](C)C1. The third-order valence-corrected chi connectivity index (χ3v) is 3.33. The van der Waals surface area contributed by atoms with E-state index in [1.807, 2.05) is 13.8 Å². The first-order valence-electron chi connectivity index (χ1n) is 6.29. The molecule has 2 atom stereocenters. The van der Waals surface area contributed by atoms with Crippen LogP contribution >= 0.6 is 11.6 Å². The maximum absolute atomic E-state index is 12.6. The maximum atomic E-state index is 12.6. The number of hydrogen-bond acceptors (Lipinski definition) is 3. The molecule has 0 radical (unpaired) electrons. The highest BCUT2D eigenvalue weighted by Crippen LogP contribution is 2.25. The highest BCUT2D eigenvalue weighted by atomic mass is 35.5. The molecule has 1 aliphatic heterocycles. The van der Waals surface area contributed by atoms with Crippen LogP contribution in [0.15, 0.2) is 18.2 Å². The molecule has 1 aliphatic rings. The van der Waals surface area contributed by atoms with Gasteiger partial charge in [0.25, 0.3) is 5.91 Å². The second kappa shape index (κ2) is 5.80. The quantitative estimate of drug-likeness (QED) is 0.837. The summed E-state index contributed by atoms with van der Waals surface area (Å²) in [6.07, 6.45) is 0.0794. The van der Waals surface area contributed by atoms with Gasteiger partial charge in [-0.1, -0.05) is 11.6 Å². The Morgan fingerprint density at radius 2 is 2.00 bits per heavy atom. The van der Waals surface area contributed by atoms with Crippen molar-refractivity contribution in [1.82, 2.24) is 4.90 Å². The smallest absolute Gasteiger partial charge is 0.257 e. The topological polar surface area (TPSA) is 38.8 Å². The zero-order valence-electron chi connectivity index (χ0n) is 11.4. The summed E-state index contributed by atoms with van der Waals surface area (Å²) in [6.45, 7) is 5.09. The van der Waals surface area contributed by atoms with Gasteiger partial charge in [0.05, 0.1) is 24.9 Å². The second-order valence-corrected chi connectivity index (χ2v) is 5.25. The number of hydrogen-bond donors (Lipinski definition) is 0. The monoisotopic (exact) mass is 283 g/mol. The van der Waals surface area contributed by atoms with Crippen LogP contribution in [0, 0.1) is 0 Å². The molecule has 0 unspecified atom stereocenters. The Kier molecular flexibility index (Phi) is 4.32. The fourth-order valence-corrected chi connectivity index (χ4v) is 2.53. The highest BCUT2D eigenvalue weighted by molar-refractivity contribution is 6.31. The summed E-state index contributed by atoms with van der Waals surface area (Å²) >= 11 is 5.96. The predicted octanol–water partition coefficient (Wildman–Crippen LogP) is 2.60. The van der Waals surface area contributed by atoms with Crippen molar-refractivity contribution in [1.29, 1.82) is 0 Å². The Morgan fingerprint density at radius 1 is 1.37 bits per heavy atom. The molecule has 2 rings (SSSR count). The molecule has 1 fully saturated rings.